The van der Waals surface area contributed by atoms with E-state index in [2.05, 4.69) is 9.64 Å². The Morgan fingerprint density at radius 3 is 2.40 bits per heavy atom. The SMILES string of the molecule is NC1CCN(CCOCC(F)(F)F)CC1. The van der Waals surface area contributed by atoms with Crippen molar-refractivity contribution < 1.29 is 17.9 Å². The number of hydrogen-bond acceptors (Lipinski definition) is 3. The largest absolute Gasteiger partial charge is 0.411 e. The topological polar surface area (TPSA) is 38.5 Å². The molecule has 0 aromatic carbocycles. The van der Waals surface area contributed by atoms with Gasteiger partial charge in [-0.1, -0.05) is 0 Å². The van der Waals surface area contributed by atoms with Gasteiger partial charge >= 0.3 is 6.18 Å². The highest BCUT2D eigenvalue weighted by Gasteiger charge is 2.27. The number of likely N-dealkylation sites (tertiary alicyclic amines) is 1. The summed E-state index contributed by atoms with van der Waals surface area (Å²) in [4.78, 5) is 2.08. The molecule has 0 unspecified atom stereocenters. The Balaban J connectivity index is 2.01. The zero-order chi connectivity index (χ0) is 11.3. The molecule has 2 N–H and O–H groups in total. The summed E-state index contributed by atoms with van der Waals surface area (Å²) in [6.45, 7) is 1.25. The van der Waals surface area contributed by atoms with Gasteiger partial charge in [-0.2, -0.15) is 13.2 Å². The molecule has 0 atom stereocenters. The minimum atomic E-state index is -4.22. The highest BCUT2D eigenvalue weighted by molar-refractivity contribution is 4.73. The number of hydrogen-bond donors (Lipinski definition) is 1. The number of ether oxygens (including phenoxy) is 1. The average Bonchev–Trinajstić information content (AvgIpc) is 2.14. The first-order valence-electron chi connectivity index (χ1n) is 5.10. The van der Waals surface area contributed by atoms with Crippen LogP contribution in [0.4, 0.5) is 13.2 Å². The summed E-state index contributed by atoms with van der Waals surface area (Å²) in [6.07, 6.45) is -2.39. The lowest BCUT2D eigenvalue weighted by atomic mass is 10.1. The molecule has 0 amide bonds. The highest BCUT2D eigenvalue weighted by Crippen LogP contribution is 2.14. The average molecular weight is 226 g/mol. The molecule has 0 aromatic heterocycles. The standard InChI is InChI=1S/C9H17F3N2O/c10-9(11,12)7-15-6-5-14-3-1-8(13)2-4-14/h8H,1-7,13H2. The van der Waals surface area contributed by atoms with E-state index in [0.717, 1.165) is 25.9 Å². The van der Waals surface area contributed by atoms with Crippen LogP contribution < -0.4 is 5.73 Å². The van der Waals surface area contributed by atoms with Crippen molar-refractivity contribution >= 4 is 0 Å². The van der Waals surface area contributed by atoms with Crippen LogP contribution in [0.1, 0.15) is 12.8 Å². The minimum Gasteiger partial charge on any atom is -0.371 e. The second kappa shape index (κ2) is 5.67. The molecule has 0 bridgehead atoms. The molecular formula is C9H17F3N2O. The van der Waals surface area contributed by atoms with E-state index in [1.165, 1.54) is 0 Å². The molecule has 3 nitrogen and oxygen atoms in total. The number of nitrogens with two attached hydrogens (primary N) is 1. The molecule has 1 fully saturated rings. The molecule has 0 spiro atoms. The van der Waals surface area contributed by atoms with E-state index in [-0.39, 0.29) is 12.6 Å². The van der Waals surface area contributed by atoms with Gasteiger partial charge in [-0.15, -0.1) is 0 Å². The van der Waals surface area contributed by atoms with Gasteiger partial charge in [0, 0.05) is 12.6 Å². The Kier molecular flexibility index (Phi) is 4.82. The molecule has 1 aliphatic heterocycles. The minimum absolute atomic E-state index is 0.134. The number of piperidine rings is 1. The van der Waals surface area contributed by atoms with E-state index in [4.69, 9.17) is 5.73 Å². The fraction of sp³-hybridized carbons (Fsp3) is 1.00. The first-order chi connectivity index (χ1) is 6.97. The van der Waals surface area contributed by atoms with Crippen molar-refractivity contribution in [2.24, 2.45) is 5.73 Å². The van der Waals surface area contributed by atoms with Crippen molar-refractivity contribution in [1.82, 2.24) is 4.90 Å². The van der Waals surface area contributed by atoms with Gasteiger partial charge < -0.3 is 15.4 Å². The van der Waals surface area contributed by atoms with Crippen LogP contribution in [0.3, 0.4) is 0 Å². The quantitative estimate of drug-likeness (QED) is 0.726. The van der Waals surface area contributed by atoms with E-state index in [1.807, 2.05) is 0 Å². The van der Waals surface area contributed by atoms with Crippen molar-refractivity contribution in [2.75, 3.05) is 32.8 Å². The maximum absolute atomic E-state index is 11.7. The first kappa shape index (κ1) is 12.7. The second-order valence-corrected chi connectivity index (χ2v) is 3.85. The van der Waals surface area contributed by atoms with Gasteiger partial charge in [-0.05, 0) is 25.9 Å². The normalized spacial score (nSPS) is 20.8. The molecular weight excluding hydrogens is 209 g/mol. The van der Waals surface area contributed by atoms with Crippen LogP contribution in [0, 0.1) is 0 Å². The molecule has 1 heterocycles. The maximum Gasteiger partial charge on any atom is 0.411 e. The molecule has 0 radical (unpaired) electrons. The van der Waals surface area contributed by atoms with Gasteiger partial charge in [0.2, 0.25) is 0 Å². The van der Waals surface area contributed by atoms with Crippen LogP contribution in [-0.2, 0) is 4.74 Å². The lowest BCUT2D eigenvalue weighted by Crippen LogP contribution is -2.41. The Bertz CT molecular complexity index is 179. The monoisotopic (exact) mass is 226 g/mol. The summed E-state index contributed by atoms with van der Waals surface area (Å²) in [5.74, 6) is 0. The molecule has 0 aromatic rings. The third kappa shape index (κ3) is 5.96. The van der Waals surface area contributed by atoms with Gasteiger partial charge in [-0.25, -0.2) is 0 Å². The number of rotatable bonds is 4. The molecule has 6 heteroatoms. The predicted octanol–water partition coefficient (Wildman–Crippen LogP) is 0.988. The molecule has 0 aliphatic carbocycles. The van der Waals surface area contributed by atoms with Crippen molar-refractivity contribution in [3.63, 3.8) is 0 Å². The Hall–Kier alpha value is -0.330. The van der Waals surface area contributed by atoms with Crippen LogP contribution in [0.15, 0.2) is 0 Å². The predicted molar refractivity (Wildman–Crippen MR) is 50.5 cm³/mol. The summed E-state index contributed by atoms with van der Waals surface area (Å²) in [6, 6.07) is 0.248. The fourth-order valence-corrected chi connectivity index (χ4v) is 1.56. The summed E-state index contributed by atoms with van der Waals surface area (Å²) in [5.41, 5.74) is 5.70. The molecule has 15 heavy (non-hydrogen) atoms. The van der Waals surface area contributed by atoms with Gasteiger partial charge in [0.1, 0.15) is 6.61 Å². The van der Waals surface area contributed by atoms with Crippen molar-refractivity contribution in [3.05, 3.63) is 0 Å². The Morgan fingerprint density at radius 1 is 1.27 bits per heavy atom. The fourth-order valence-electron chi connectivity index (χ4n) is 1.56. The third-order valence-electron chi connectivity index (χ3n) is 2.45. The van der Waals surface area contributed by atoms with Crippen LogP contribution >= 0.6 is 0 Å². The van der Waals surface area contributed by atoms with Crippen molar-refractivity contribution in [1.29, 1.82) is 0 Å². The lowest BCUT2D eigenvalue weighted by Gasteiger charge is -2.29. The molecule has 1 rings (SSSR count). The number of alkyl halides is 3. The van der Waals surface area contributed by atoms with Gasteiger partial charge in [0.05, 0.1) is 6.61 Å². The first-order valence-corrected chi connectivity index (χ1v) is 5.10. The lowest BCUT2D eigenvalue weighted by molar-refractivity contribution is -0.174. The van der Waals surface area contributed by atoms with E-state index in [9.17, 15) is 13.2 Å². The van der Waals surface area contributed by atoms with Gasteiger partial charge in [-0.3, -0.25) is 0 Å². The second-order valence-electron chi connectivity index (χ2n) is 3.85. The molecule has 0 saturated carbocycles. The Labute approximate surface area is 87.4 Å². The van der Waals surface area contributed by atoms with Gasteiger partial charge in [0.25, 0.3) is 0 Å². The van der Waals surface area contributed by atoms with Crippen LogP contribution in [0.2, 0.25) is 0 Å². The summed E-state index contributed by atoms with van der Waals surface area (Å²) < 4.78 is 39.7. The van der Waals surface area contributed by atoms with E-state index < -0.39 is 12.8 Å². The van der Waals surface area contributed by atoms with Crippen LogP contribution in [0.5, 0.6) is 0 Å². The zero-order valence-electron chi connectivity index (χ0n) is 8.59. The van der Waals surface area contributed by atoms with Gasteiger partial charge in [0.15, 0.2) is 0 Å². The van der Waals surface area contributed by atoms with Crippen LogP contribution in [0.25, 0.3) is 0 Å². The Morgan fingerprint density at radius 2 is 1.87 bits per heavy atom. The smallest absolute Gasteiger partial charge is 0.371 e. The molecule has 90 valence electrons. The van der Waals surface area contributed by atoms with Crippen molar-refractivity contribution in [2.45, 2.75) is 25.1 Å². The summed E-state index contributed by atoms with van der Waals surface area (Å²) in [5, 5.41) is 0. The molecule has 1 saturated heterocycles. The summed E-state index contributed by atoms with van der Waals surface area (Å²) >= 11 is 0. The summed E-state index contributed by atoms with van der Waals surface area (Å²) in [7, 11) is 0. The third-order valence-corrected chi connectivity index (χ3v) is 2.45. The zero-order valence-corrected chi connectivity index (χ0v) is 8.59. The maximum atomic E-state index is 11.7. The highest BCUT2D eigenvalue weighted by atomic mass is 19.4. The molecule has 1 aliphatic rings. The number of nitrogens with zero attached hydrogens (tertiary/aromatic N) is 1. The van der Waals surface area contributed by atoms with E-state index >= 15 is 0 Å². The van der Waals surface area contributed by atoms with Crippen molar-refractivity contribution in [3.8, 4) is 0 Å². The van der Waals surface area contributed by atoms with E-state index in [0.29, 0.717) is 6.54 Å². The van der Waals surface area contributed by atoms with E-state index in [1.54, 1.807) is 0 Å². The van der Waals surface area contributed by atoms with Crippen LogP contribution in [-0.4, -0.2) is 50.0 Å². The number of halogens is 3.